The zero-order valence-corrected chi connectivity index (χ0v) is 15.1. The number of nitrogens with one attached hydrogen (secondary N) is 1. The minimum atomic E-state index is -1.25. The number of para-hydroxylation sites is 1. The monoisotopic (exact) mass is 375 g/mol. The predicted octanol–water partition coefficient (Wildman–Crippen LogP) is 3.72. The standard InChI is InChI=1S/C21H17N3O4/c1-21(17-11-6-9-14-7-2-4-10-16(14)17)19(25)23(20(26)22-21)13-15-8-3-5-12-18(15)24(27)28/h2-12H,13H2,1H3,(H,22,26). The number of hydrogen-bond acceptors (Lipinski definition) is 4. The number of imide groups is 1. The van der Waals surface area contributed by atoms with E-state index in [1.807, 2.05) is 42.5 Å². The zero-order valence-electron chi connectivity index (χ0n) is 15.1. The van der Waals surface area contributed by atoms with Gasteiger partial charge in [0.15, 0.2) is 0 Å². The molecule has 1 aliphatic heterocycles. The molecule has 0 bridgehead atoms. The summed E-state index contributed by atoms with van der Waals surface area (Å²) in [5.41, 5.74) is -0.379. The van der Waals surface area contributed by atoms with Gasteiger partial charge < -0.3 is 5.32 Å². The van der Waals surface area contributed by atoms with Crippen LogP contribution in [0.4, 0.5) is 10.5 Å². The Morgan fingerprint density at radius 3 is 2.46 bits per heavy atom. The van der Waals surface area contributed by atoms with E-state index >= 15 is 0 Å². The van der Waals surface area contributed by atoms with Crippen LogP contribution < -0.4 is 5.32 Å². The second kappa shape index (κ2) is 6.45. The van der Waals surface area contributed by atoms with E-state index in [0.717, 1.165) is 15.7 Å². The Hall–Kier alpha value is -3.74. The van der Waals surface area contributed by atoms with Gasteiger partial charge in [-0.3, -0.25) is 19.8 Å². The smallest absolute Gasteiger partial charge is 0.319 e. The topological polar surface area (TPSA) is 92.6 Å². The highest BCUT2D eigenvalue weighted by molar-refractivity contribution is 6.09. The third-order valence-corrected chi connectivity index (χ3v) is 5.12. The van der Waals surface area contributed by atoms with Gasteiger partial charge in [0, 0.05) is 11.6 Å². The maximum atomic E-state index is 13.2. The number of benzene rings is 3. The SMILES string of the molecule is CC1(c2cccc3ccccc23)NC(=O)N(Cc2ccccc2[N+](=O)[O-])C1=O. The van der Waals surface area contributed by atoms with Crippen molar-refractivity contribution < 1.29 is 14.5 Å². The van der Waals surface area contributed by atoms with Gasteiger partial charge in [-0.25, -0.2) is 4.79 Å². The van der Waals surface area contributed by atoms with E-state index in [-0.39, 0.29) is 12.2 Å². The van der Waals surface area contributed by atoms with Crippen molar-refractivity contribution in [3.05, 3.63) is 88.0 Å². The molecular formula is C21H17N3O4. The third-order valence-electron chi connectivity index (χ3n) is 5.12. The summed E-state index contributed by atoms with van der Waals surface area (Å²) < 4.78 is 0. The number of nitro groups is 1. The molecule has 3 amide bonds. The Bertz CT molecular complexity index is 1120. The molecule has 1 aliphatic rings. The highest BCUT2D eigenvalue weighted by Crippen LogP contribution is 2.35. The molecule has 7 nitrogen and oxygen atoms in total. The Morgan fingerprint density at radius 1 is 1.00 bits per heavy atom. The predicted molar refractivity (Wildman–Crippen MR) is 103 cm³/mol. The van der Waals surface area contributed by atoms with Crippen LogP contribution in [-0.2, 0) is 16.9 Å². The van der Waals surface area contributed by atoms with Crippen LogP contribution in [0.5, 0.6) is 0 Å². The molecular weight excluding hydrogens is 358 g/mol. The fraction of sp³-hybridized carbons (Fsp3) is 0.143. The highest BCUT2D eigenvalue weighted by atomic mass is 16.6. The van der Waals surface area contributed by atoms with E-state index in [2.05, 4.69) is 5.32 Å². The zero-order chi connectivity index (χ0) is 19.9. The molecule has 1 N–H and O–H groups in total. The average molecular weight is 375 g/mol. The number of amides is 3. The first-order valence-electron chi connectivity index (χ1n) is 8.76. The molecule has 3 aromatic carbocycles. The first-order valence-corrected chi connectivity index (χ1v) is 8.76. The summed E-state index contributed by atoms with van der Waals surface area (Å²) in [6.07, 6.45) is 0. The molecule has 1 fully saturated rings. The van der Waals surface area contributed by atoms with Crippen molar-refractivity contribution in [2.45, 2.75) is 19.0 Å². The Labute approximate surface area is 160 Å². The van der Waals surface area contributed by atoms with Crippen molar-refractivity contribution in [1.82, 2.24) is 10.2 Å². The number of nitrogens with zero attached hydrogens (tertiary/aromatic N) is 2. The second-order valence-electron chi connectivity index (χ2n) is 6.86. The van der Waals surface area contributed by atoms with Gasteiger partial charge in [0.1, 0.15) is 5.54 Å². The molecule has 140 valence electrons. The number of carbonyl (C=O) groups is 2. The summed E-state index contributed by atoms with van der Waals surface area (Å²) in [7, 11) is 0. The van der Waals surface area contributed by atoms with Gasteiger partial charge in [0.25, 0.3) is 11.6 Å². The summed E-state index contributed by atoms with van der Waals surface area (Å²) in [6, 6.07) is 18.7. The molecule has 4 rings (SSSR count). The van der Waals surface area contributed by atoms with Gasteiger partial charge in [0.2, 0.25) is 0 Å². The highest BCUT2D eigenvalue weighted by Gasteiger charge is 2.49. The first-order chi connectivity index (χ1) is 13.4. The first kappa shape index (κ1) is 17.7. The summed E-state index contributed by atoms with van der Waals surface area (Å²) in [6.45, 7) is 1.50. The van der Waals surface area contributed by atoms with Crippen molar-refractivity contribution in [2.75, 3.05) is 0 Å². The molecule has 1 atom stereocenters. The number of hydrogen-bond donors (Lipinski definition) is 1. The number of fused-ring (bicyclic) bond motifs is 1. The minimum absolute atomic E-state index is 0.123. The molecule has 1 heterocycles. The second-order valence-corrected chi connectivity index (χ2v) is 6.86. The maximum Gasteiger partial charge on any atom is 0.325 e. The number of carbonyl (C=O) groups excluding carboxylic acids is 2. The van der Waals surface area contributed by atoms with E-state index in [1.165, 1.54) is 6.07 Å². The van der Waals surface area contributed by atoms with Crippen molar-refractivity contribution in [1.29, 1.82) is 0 Å². The molecule has 0 radical (unpaired) electrons. The van der Waals surface area contributed by atoms with Crippen molar-refractivity contribution in [3.63, 3.8) is 0 Å². The van der Waals surface area contributed by atoms with E-state index in [4.69, 9.17) is 0 Å². The van der Waals surface area contributed by atoms with Crippen LogP contribution in [0.3, 0.4) is 0 Å². The summed E-state index contributed by atoms with van der Waals surface area (Å²) in [5.74, 6) is -0.438. The van der Waals surface area contributed by atoms with Gasteiger partial charge in [-0.2, -0.15) is 0 Å². The van der Waals surface area contributed by atoms with Gasteiger partial charge in [-0.15, -0.1) is 0 Å². The van der Waals surface area contributed by atoms with Crippen LogP contribution in [0.25, 0.3) is 10.8 Å². The molecule has 0 aliphatic carbocycles. The Balaban J connectivity index is 1.74. The molecule has 28 heavy (non-hydrogen) atoms. The van der Waals surface area contributed by atoms with Crippen molar-refractivity contribution in [2.24, 2.45) is 0 Å². The average Bonchev–Trinajstić information content (AvgIpc) is 2.91. The van der Waals surface area contributed by atoms with E-state index in [0.29, 0.717) is 11.1 Å². The van der Waals surface area contributed by atoms with E-state index in [9.17, 15) is 19.7 Å². The number of urea groups is 1. The lowest BCUT2D eigenvalue weighted by Crippen LogP contribution is -2.41. The number of nitro benzene ring substituents is 1. The quantitative estimate of drug-likeness (QED) is 0.427. The van der Waals surface area contributed by atoms with Crippen LogP contribution >= 0.6 is 0 Å². The summed E-state index contributed by atoms with van der Waals surface area (Å²) >= 11 is 0. The minimum Gasteiger partial charge on any atom is -0.319 e. The van der Waals surface area contributed by atoms with Crippen LogP contribution in [-0.4, -0.2) is 21.8 Å². The normalized spacial score (nSPS) is 19.1. The lowest BCUT2D eigenvalue weighted by atomic mass is 9.88. The molecule has 7 heteroatoms. The van der Waals surface area contributed by atoms with Crippen LogP contribution in [0.15, 0.2) is 66.7 Å². The Morgan fingerprint density at radius 2 is 1.68 bits per heavy atom. The molecule has 1 saturated heterocycles. The van der Waals surface area contributed by atoms with Gasteiger partial charge in [-0.05, 0) is 23.3 Å². The lowest BCUT2D eigenvalue weighted by molar-refractivity contribution is -0.385. The number of rotatable bonds is 4. The van der Waals surface area contributed by atoms with E-state index in [1.54, 1.807) is 25.1 Å². The Kier molecular flexibility index (Phi) is 4.07. The van der Waals surface area contributed by atoms with Gasteiger partial charge in [0.05, 0.1) is 11.5 Å². The summed E-state index contributed by atoms with van der Waals surface area (Å²) in [5, 5.41) is 15.9. The fourth-order valence-corrected chi connectivity index (χ4v) is 3.68. The van der Waals surface area contributed by atoms with E-state index < -0.39 is 22.4 Å². The molecule has 0 saturated carbocycles. The maximum absolute atomic E-state index is 13.2. The van der Waals surface area contributed by atoms with Crippen molar-refractivity contribution >= 4 is 28.4 Å². The largest absolute Gasteiger partial charge is 0.325 e. The van der Waals surface area contributed by atoms with Crippen LogP contribution in [0.1, 0.15) is 18.1 Å². The van der Waals surface area contributed by atoms with Gasteiger partial charge >= 0.3 is 6.03 Å². The summed E-state index contributed by atoms with van der Waals surface area (Å²) in [4.78, 5) is 37.6. The van der Waals surface area contributed by atoms with Crippen LogP contribution in [0, 0.1) is 10.1 Å². The fourth-order valence-electron chi connectivity index (χ4n) is 3.68. The van der Waals surface area contributed by atoms with Crippen LogP contribution in [0.2, 0.25) is 0 Å². The van der Waals surface area contributed by atoms with Crippen molar-refractivity contribution in [3.8, 4) is 0 Å². The van der Waals surface area contributed by atoms with Gasteiger partial charge in [-0.1, -0.05) is 60.7 Å². The third kappa shape index (κ3) is 2.68. The molecule has 1 unspecified atom stereocenters. The molecule has 3 aromatic rings. The molecule has 0 aromatic heterocycles. The molecule has 0 spiro atoms. The lowest BCUT2D eigenvalue weighted by Gasteiger charge is -2.24.